The van der Waals surface area contributed by atoms with Crippen LogP contribution >= 0.6 is 46.1 Å². The number of nitrogens with zero attached hydrogens (tertiary/aromatic N) is 1. The summed E-state index contributed by atoms with van der Waals surface area (Å²) in [7, 11) is 0. The van der Waals surface area contributed by atoms with E-state index in [2.05, 4.69) is 48.5 Å². The monoisotopic (exact) mass is 635 g/mol. The molecular weight excluding hydrogens is 593 g/mol. The van der Waals surface area contributed by atoms with Crippen LogP contribution in [-0.4, -0.2) is 38.7 Å². The molecule has 1 N–H and O–H groups in total. The Kier molecular flexibility index (Phi) is 15.9. The lowest BCUT2D eigenvalue weighted by Gasteiger charge is -2.34. The average Bonchev–Trinajstić information content (AvgIpc) is 3.23. The number of rotatable bonds is 16. The van der Waals surface area contributed by atoms with Crippen LogP contribution in [0.1, 0.15) is 90.8 Å². The van der Waals surface area contributed by atoms with E-state index < -0.39 is 28.6 Å². The van der Waals surface area contributed by atoms with Crippen molar-refractivity contribution in [2.45, 2.75) is 96.9 Å². The molecule has 0 saturated carbocycles. The van der Waals surface area contributed by atoms with E-state index in [0.29, 0.717) is 19.3 Å². The van der Waals surface area contributed by atoms with Crippen molar-refractivity contribution < 1.29 is 24.2 Å². The molecule has 0 aliphatic rings. The third-order valence-electron chi connectivity index (χ3n) is 6.52. The fraction of sp³-hybridized carbons (Fsp3) is 0.633. The molecule has 40 heavy (non-hydrogen) atoms. The molecule has 0 radical (unpaired) electrons. The topological polar surface area (TPSA) is 85.7 Å². The number of thiazole rings is 1. The van der Waals surface area contributed by atoms with Crippen LogP contribution in [0.15, 0.2) is 34.8 Å². The van der Waals surface area contributed by atoms with Gasteiger partial charge in [0, 0.05) is 11.8 Å². The number of alkyl halides is 3. The maximum Gasteiger partial charge on any atom is 0.508 e. The van der Waals surface area contributed by atoms with Gasteiger partial charge in [0.25, 0.3) is 0 Å². The molecule has 0 aliphatic heterocycles. The number of hydrogen-bond acceptors (Lipinski definition) is 6. The Morgan fingerprint density at radius 3 is 2.40 bits per heavy atom. The van der Waals surface area contributed by atoms with Crippen LogP contribution in [0.5, 0.6) is 0 Å². The van der Waals surface area contributed by atoms with Crippen molar-refractivity contribution in [3.05, 3.63) is 45.5 Å². The zero-order chi connectivity index (χ0) is 30.5. The highest BCUT2D eigenvalue weighted by molar-refractivity contribution is 7.09. The molecule has 0 spiro atoms. The summed E-state index contributed by atoms with van der Waals surface area (Å²) in [5.74, 6) is -0.909. The Balaban J connectivity index is 2.80. The van der Waals surface area contributed by atoms with Gasteiger partial charge in [-0.25, -0.2) is 9.78 Å². The summed E-state index contributed by atoms with van der Waals surface area (Å²) in [5.41, 5.74) is 3.21. The molecule has 0 fully saturated rings. The van der Waals surface area contributed by atoms with Crippen molar-refractivity contribution in [3.63, 3.8) is 0 Å². The summed E-state index contributed by atoms with van der Waals surface area (Å²) in [6, 6.07) is 0. The first-order valence-electron chi connectivity index (χ1n) is 13.5. The first-order chi connectivity index (χ1) is 18.5. The van der Waals surface area contributed by atoms with E-state index >= 15 is 0 Å². The first kappa shape index (κ1) is 36.5. The normalized spacial score (nSPS) is 15.7. The minimum Gasteiger partial charge on any atom is -0.481 e. The molecule has 0 amide bonds. The lowest BCUT2D eigenvalue weighted by Crippen LogP contribution is -2.35. The fourth-order valence-electron chi connectivity index (χ4n) is 4.58. The predicted octanol–water partition coefficient (Wildman–Crippen LogP) is 9.97. The van der Waals surface area contributed by atoms with Gasteiger partial charge in [-0.3, -0.25) is 4.79 Å². The molecule has 0 aromatic carbocycles. The van der Waals surface area contributed by atoms with Gasteiger partial charge in [-0.15, -0.1) is 11.3 Å². The Hall–Kier alpha value is -1.54. The number of ether oxygens (including phenoxy) is 2. The molecule has 3 unspecified atom stereocenters. The molecule has 1 heterocycles. The van der Waals surface area contributed by atoms with Gasteiger partial charge < -0.3 is 14.6 Å². The second kappa shape index (κ2) is 17.4. The Labute approximate surface area is 258 Å². The van der Waals surface area contributed by atoms with Crippen molar-refractivity contribution in [2.24, 2.45) is 17.3 Å². The third kappa shape index (κ3) is 16.7. The lowest BCUT2D eigenvalue weighted by molar-refractivity contribution is -0.137. The predicted molar refractivity (Wildman–Crippen MR) is 167 cm³/mol. The average molecular weight is 637 g/mol. The van der Waals surface area contributed by atoms with Crippen molar-refractivity contribution in [1.82, 2.24) is 4.98 Å². The summed E-state index contributed by atoms with van der Waals surface area (Å²) in [6.07, 6.45) is 11.0. The smallest absolute Gasteiger partial charge is 0.481 e. The van der Waals surface area contributed by atoms with E-state index in [9.17, 15) is 9.59 Å². The van der Waals surface area contributed by atoms with E-state index in [1.165, 1.54) is 5.57 Å². The van der Waals surface area contributed by atoms with Crippen molar-refractivity contribution in [3.8, 4) is 0 Å². The largest absolute Gasteiger partial charge is 0.508 e. The number of aryl methyl sites for hydroxylation is 1. The summed E-state index contributed by atoms with van der Waals surface area (Å²) in [4.78, 5) is 28.0. The van der Waals surface area contributed by atoms with E-state index in [0.717, 1.165) is 29.1 Å². The van der Waals surface area contributed by atoms with Crippen molar-refractivity contribution in [1.29, 1.82) is 0 Å². The molecule has 1 aromatic heterocycles. The molecule has 1 rings (SSSR count). The van der Waals surface area contributed by atoms with E-state index in [-0.39, 0.29) is 23.7 Å². The van der Waals surface area contributed by atoms with Gasteiger partial charge in [-0.1, -0.05) is 91.9 Å². The molecule has 226 valence electrons. The molecule has 0 saturated heterocycles. The Bertz CT molecular complexity index is 1040. The van der Waals surface area contributed by atoms with Crippen LogP contribution in [-0.2, 0) is 14.3 Å². The van der Waals surface area contributed by atoms with E-state index in [1.807, 2.05) is 34.6 Å². The molecule has 6 nitrogen and oxygen atoms in total. The highest BCUT2D eigenvalue weighted by Gasteiger charge is 2.33. The number of aromatic nitrogens is 1. The molecule has 10 heteroatoms. The second-order valence-electron chi connectivity index (χ2n) is 11.4. The van der Waals surface area contributed by atoms with Gasteiger partial charge >= 0.3 is 12.1 Å². The van der Waals surface area contributed by atoms with Gasteiger partial charge in [0.1, 0.15) is 12.7 Å². The van der Waals surface area contributed by atoms with Crippen LogP contribution in [0.3, 0.4) is 0 Å². The molecular formula is C30H44Cl3NO5S. The minimum atomic E-state index is -1.73. The number of halogens is 3. The number of aliphatic carboxylic acids is 1. The first-order valence-corrected chi connectivity index (χ1v) is 15.5. The van der Waals surface area contributed by atoms with E-state index in [1.54, 1.807) is 11.3 Å². The zero-order valence-corrected chi connectivity index (χ0v) is 27.7. The third-order valence-corrected chi connectivity index (χ3v) is 7.64. The number of hydrogen-bond donors (Lipinski definition) is 1. The van der Waals surface area contributed by atoms with Crippen LogP contribution in [0.4, 0.5) is 4.79 Å². The zero-order valence-electron chi connectivity index (χ0n) is 24.6. The van der Waals surface area contributed by atoms with Crippen LogP contribution < -0.4 is 0 Å². The maximum absolute atomic E-state index is 12.4. The molecule has 0 aliphatic carbocycles. The number of carbonyl (C=O) groups is 2. The highest BCUT2D eigenvalue weighted by atomic mass is 35.6. The second-order valence-corrected chi connectivity index (χ2v) is 14.9. The van der Waals surface area contributed by atoms with Crippen LogP contribution in [0.2, 0.25) is 0 Å². The van der Waals surface area contributed by atoms with Crippen LogP contribution in [0, 0.1) is 24.2 Å². The summed E-state index contributed by atoms with van der Waals surface area (Å²) in [5, 5.41) is 12.2. The SMILES string of the molecule is CC(/C=C/CC(C)C(OC(=O)OCC(Cl)(Cl)Cl)C(C)CC(C)(C)CCC(=O)O)=C\CC/C(C)=C/c1csc(C)n1. The molecule has 3 atom stereocenters. The van der Waals surface area contributed by atoms with Gasteiger partial charge in [0.05, 0.1) is 10.7 Å². The summed E-state index contributed by atoms with van der Waals surface area (Å²) in [6.45, 7) is 13.9. The van der Waals surface area contributed by atoms with Gasteiger partial charge in [-0.05, 0) is 76.2 Å². The van der Waals surface area contributed by atoms with Gasteiger partial charge in [0.15, 0.2) is 0 Å². The van der Waals surface area contributed by atoms with Gasteiger partial charge in [-0.2, -0.15) is 0 Å². The number of carboxylic acids is 1. The van der Waals surface area contributed by atoms with Gasteiger partial charge in [0.2, 0.25) is 3.79 Å². The number of carbonyl (C=O) groups excluding carboxylic acids is 1. The lowest BCUT2D eigenvalue weighted by atomic mass is 9.76. The fourth-order valence-corrected chi connectivity index (χ4v) is 5.32. The molecule has 0 bridgehead atoms. The van der Waals surface area contributed by atoms with Crippen LogP contribution in [0.25, 0.3) is 6.08 Å². The number of carboxylic acid groups (broad SMARTS) is 1. The van der Waals surface area contributed by atoms with E-state index in [4.69, 9.17) is 49.4 Å². The quantitative estimate of drug-likeness (QED) is 0.110. The number of allylic oxidation sites excluding steroid dienone is 5. The van der Waals surface area contributed by atoms with Crippen molar-refractivity contribution in [2.75, 3.05) is 6.61 Å². The standard InChI is InChI=1S/C30H44Cl3NO5S/c1-20(10-8-12-21(2)16-25-18-40-24(5)34-25)11-9-13-22(3)27(39-28(37)38-19-30(31,32)33)23(4)17-29(6,7)15-14-26(35)36/h9-11,16,18,22-23,27H,8,12-15,17,19H2,1-7H3,(H,35,36)/b11-9+,20-10+,21-16+. The summed E-state index contributed by atoms with van der Waals surface area (Å²) < 4.78 is 9.02. The summed E-state index contributed by atoms with van der Waals surface area (Å²) >= 11 is 18.8. The molecule has 1 aromatic rings. The minimum absolute atomic E-state index is 0.0265. The maximum atomic E-state index is 12.4. The highest BCUT2D eigenvalue weighted by Crippen LogP contribution is 2.35. The Morgan fingerprint density at radius 2 is 1.82 bits per heavy atom. The van der Waals surface area contributed by atoms with Crippen molar-refractivity contribution >= 4 is 64.3 Å². The Morgan fingerprint density at radius 1 is 1.15 bits per heavy atom.